The van der Waals surface area contributed by atoms with Gasteiger partial charge in [0.1, 0.15) is 0 Å². The first-order valence-corrected chi connectivity index (χ1v) is 5.17. The average molecular weight is 187 g/mol. The average Bonchev–Trinajstić information content (AvgIpc) is 2.83. The lowest BCUT2D eigenvalue weighted by atomic mass is 10.2. The minimum Gasteiger partial charge on any atom is -0.389 e. The SMILES string of the molecule is CC(C)COCC(O)CNC1CC1. The van der Waals surface area contributed by atoms with Crippen LogP contribution in [0.4, 0.5) is 0 Å². The van der Waals surface area contributed by atoms with Crippen LogP contribution in [-0.2, 0) is 4.74 Å². The van der Waals surface area contributed by atoms with Gasteiger partial charge in [-0.1, -0.05) is 13.8 Å². The zero-order valence-corrected chi connectivity index (χ0v) is 8.62. The Kier molecular flexibility index (Phi) is 4.70. The third-order valence-electron chi connectivity index (χ3n) is 1.98. The third kappa shape index (κ3) is 6.02. The molecule has 1 fully saturated rings. The van der Waals surface area contributed by atoms with E-state index in [0.29, 0.717) is 25.1 Å². The van der Waals surface area contributed by atoms with Crippen LogP contribution in [-0.4, -0.2) is 37.0 Å². The Morgan fingerprint density at radius 2 is 2.08 bits per heavy atom. The van der Waals surface area contributed by atoms with Crippen LogP contribution < -0.4 is 5.32 Å². The molecule has 0 saturated heterocycles. The zero-order chi connectivity index (χ0) is 9.68. The molecule has 0 heterocycles. The summed E-state index contributed by atoms with van der Waals surface area (Å²) in [6.07, 6.45) is 2.18. The van der Waals surface area contributed by atoms with Crippen LogP contribution in [0.1, 0.15) is 26.7 Å². The second-order valence-electron chi connectivity index (χ2n) is 4.27. The molecule has 1 saturated carbocycles. The highest BCUT2D eigenvalue weighted by atomic mass is 16.5. The maximum atomic E-state index is 9.45. The van der Waals surface area contributed by atoms with Crippen LogP contribution in [0.25, 0.3) is 0 Å². The molecule has 2 N–H and O–H groups in total. The van der Waals surface area contributed by atoms with Crippen LogP contribution in [0.3, 0.4) is 0 Å². The Labute approximate surface area is 80.5 Å². The number of hydrogen-bond acceptors (Lipinski definition) is 3. The van der Waals surface area contributed by atoms with Crippen molar-refractivity contribution in [1.29, 1.82) is 0 Å². The van der Waals surface area contributed by atoms with E-state index in [0.717, 1.165) is 6.61 Å². The minimum atomic E-state index is -0.348. The monoisotopic (exact) mass is 187 g/mol. The molecule has 0 bridgehead atoms. The second kappa shape index (κ2) is 5.58. The van der Waals surface area contributed by atoms with E-state index in [1.165, 1.54) is 12.8 Å². The number of nitrogens with one attached hydrogen (secondary N) is 1. The molecule has 1 aliphatic carbocycles. The summed E-state index contributed by atoms with van der Waals surface area (Å²) in [5.74, 6) is 0.545. The fraction of sp³-hybridized carbons (Fsp3) is 1.00. The Morgan fingerprint density at radius 1 is 1.38 bits per heavy atom. The predicted octanol–water partition coefficient (Wildman–Crippen LogP) is 0.772. The molecule has 0 amide bonds. The third-order valence-corrected chi connectivity index (χ3v) is 1.98. The van der Waals surface area contributed by atoms with Crippen molar-refractivity contribution in [1.82, 2.24) is 5.32 Å². The topological polar surface area (TPSA) is 41.5 Å². The molecule has 78 valence electrons. The number of rotatable bonds is 7. The van der Waals surface area contributed by atoms with E-state index in [4.69, 9.17) is 4.74 Å². The van der Waals surface area contributed by atoms with Crippen LogP contribution in [0.2, 0.25) is 0 Å². The maximum absolute atomic E-state index is 9.45. The molecule has 3 nitrogen and oxygen atoms in total. The lowest BCUT2D eigenvalue weighted by Gasteiger charge is -2.12. The molecule has 0 aliphatic heterocycles. The summed E-state index contributed by atoms with van der Waals surface area (Å²) in [5.41, 5.74) is 0. The van der Waals surface area contributed by atoms with E-state index >= 15 is 0 Å². The van der Waals surface area contributed by atoms with E-state index in [-0.39, 0.29) is 6.10 Å². The largest absolute Gasteiger partial charge is 0.389 e. The number of aliphatic hydroxyl groups excluding tert-OH is 1. The predicted molar refractivity (Wildman–Crippen MR) is 52.7 cm³/mol. The van der Waals surface area contributed by atoms with Gasteiger partial charge in [0.05, 0.1) is 12.7 Å². The van der Waals surface area contributed by atoms with E-state index < -0.39 is 0 Å². The van der Waals surface area contributed by atoms with Gasteiger partial charge in [0.25, 0.3) is 0 Å². The highest BCUT2D eigenvalue weighted by Gasteiger charge is 2.21. The first-order valence-electron chi connectivity index (χ1n) is 5.17. The molecule has 0 aromatic carbocycles. The lowest BCUT2D eigenvalue weighted by molar-refractivity contribution is 0.0260. The smallest absolute Gasteiger partial charge is 0.0897 e. The molecule has 0 aromatic heterocycles. The molecule has 13 heavy (non-hydrogen) atoms. The molecule has 1 unspecified atom stereocenters. The normalized spacial score (nSPS) is 19.4. The van der Waals surface area contributed by atoms with Crippen LogP contribution >= 0.6 is 0 Å². The van der Waals surface area contributed by atoms with E-state index in [1.54, 1.807) is 0 Å². The van der Waals surface area contributed by atoms with Gasteiger partial charge in [0.15, 0.2) is 0 Å². The fourth-order valence-corrected chi connectivity index (χ4v) is 1.09. The first kappa shape index (κ1) is 11.0. The van der Waals surface area contributed by atoms with E-state index in [1.807, 2.05) is 0 Å². The van der Waals surface area contributed by atoms with Crippen LogP contribution in [0.5, 0.6) is 0 Å². The summed E-state index contributed by atoms with van der Waals surface area (Å²) in [5, 5.41) is 12.7. The van der Waals surface area contributed by atoms with Gasteiger partial charge >= 0.3 is 0 Å². The van der Waals surface area contributed by atoms with Gasteiger partial charge in [-0.25, -0.2) is 0 Å². The van der Waals surface area contributed by atoms with Gasteiger partial charge in [-0.15, -0.1) is 0 Å². The van der Waals surface area contributed by atoms with E-state index in [2.05, 4.69) is 19.2 Å². The molecule has 1 rings (SSSR count). The summed E-state index contributed by atoms with van der Waals surface area (Å²) in [6, 6.07) is 0.666. The quantitative estimate of drug-likeness (QED) is 0.618. The summed E-state index contributed by atoms with van der Waals surface area (Å²) in [6.45, 7) is 6.07. The lowest BCUT2D eigenvalue weighted by Crippen LogP contribution is -2.32. The van der Waals surface area contributed by atoms with Gasteiger partial charge in [-0.05, 0) is 18.8 Å². The minimum absolute atomic E-state index is 0.348. The molecule has 1 atom stereocenters. The first-order chi connectivity index (χ1) is 6.18. The molecular formula is C10H21NO2. The van der Waals surface area contributed by atoms with Crippen molar-refractivity contribution < 1.29 is 9.84 Å². The Hall–Kier alpha value is -0.120. The van der Waals surface area contributed by atoms with Crippen molar-refractivity contribution >= 4 is 0 Å². The summed E-state index contributed by atoms with van der Waals surface area (Å²) < 4.78 is 5.32. The Morgan fingerprint density at radius 3 is 2.62 bits per heavy atom. The van der Waals surface area contributed by atoms with Crippen LogP contribution in [0.15, 0.2) is 0 Å². The molecule has 0 spiro atoms. The number of aliphatic hydroxyl groups is 1. The van der Waals surface area contributed by atoms with Crippen molar-refractivity contribution in [2.45, 2.75) is 38.8 Å². The van der Waals surface area contributed by atoms with Gasteiger partial charge in [-0.3, -0.25) is 0 Å². The zero-order valence-electron chi connectivity index (χ0n) is 8.62. The Balaban J connectivity index is 1.87. The molecule has 0 radical (unpaired) electrons. The van der Waals surface area contributed by atoms with Crippen molar-refractivity contribution in [3.05, 3.63) is 0 Å². The van der Waals surface area contributed by atoms with Gasteiger partial charge in [0.2, 0.25) is 0 Å². The van der Waals surface area contributed by atoms with Crippen molar-refractivity contribution in [3.8, 4) is 0 Å². The van der Waals surface area contributed by atoms with Gasteiger partial charge in [-0.2, -0.15) is 0 Å². The van der Waals surface area contributed by atoms with Gasteiger partial charge < -0.3 is 15.2 Å². The fourth-order valence-electron chi connectivity index (χ4n) is 1.09. The maximum Gasteiger partial charge on any atom is 0.0897 e. The Bertz CT molecular complexity index is 135. The number of ether oxygens (including phenoxy) is 1. The standard InChI is InChI=1S/C10H21NO2/c1-8(2)6-13-7-10(12)5-11-9-3-4-9/h8-12H,3-7H2,1-2H3. The molecule has 1 aliphatic rings. The molecule has 0 aromatic rings. The van der Waals surface area contributed by atoms with Crippen molar-refractivity contribution in [2.75, 3.05) is 19.8 Å². The van der Waals surface area contributed by atoms with Crippen molar-refractivity contribution in [2.24, 2.45) is 5.92 Å². The molecule has 3 heteroatoms. The highest BCUT2D eigenvalue weighted by Crippen LogP contribution is 2.18. The number of hydrogen-bond donors (Lipinski definition) is 2. The summed E-state index contributed by atoms with van der Waals surface area (Å²) in [7, 11) is 0. The summed E-state index contributed by atoms with van der Waals surface area (Å²) >= 11 is 0. The highest BCUT2D eigenvalue weighted by molar-refractivity contribution is 4.81. The second-order valence-corrected chi connectivity index (χ2v) is 4.27. The molecular weight excluding hydrogens is 166 g/mol. The van der Waals surface area contributed by atoms with Crippen molar-refractivity contribution in [3.63, 3.8) is 0 Å². The van der Waals surface area contributed by atoms with Crippen LogP contribution in [0, 0.1) is 5.92 Å². The van der Waals surface area contributed by atoms with Gasteiger partial charge in [0, 0.05) is 19.2 Å². The summed E-state index contributed by atoms with van der Waals surface area (Å²) in [4.78, 5) is 0. The van der Waals surface area contributed by atoms with E-state index in [9.17, 15) is 5.11 Å².